The van der Waals surface area contributed by atoms with Gasteiger partial charge in [0.05, 0.1) is 22.9 Å². The van der Waals surface area contributed by atoms with E-state index in [0.717, 1.165) is 18.5 Å². The summed E-state index contributed by atoms with van der Waals surface area (Å²) in [5.41, 5.74) is 1.39. The van der Waals surface area contributed by atoms with Crippen LogP contribution in [0.15, 0.2) is 18.2 Å². The van der Waals surface area contributed by atoms with Gasteiger partial charge in [-0.3, -0.25) is 4.79 Å². The lowest BCUT2D eigenvalue weighted by Gasteiger charge is -2.32. The lowest BCUT2D eigenvalue weighted by molar-refractivity contribution is 0.0606. The molecule has 2 rings (SSSR count). The zero-order chi connectivity index (χ0) is 14.5. The predicted molar refractivity (Wildman–Crippen MR) is 81.5 cm³/mol. The van der Waals surface area contributed by atoms with Crippen LogP contribution >= 0.6 is 11.6 Å². The van der Waals surface area contributed by atoms with E-state index in [2.05, 4.69) is 10.6 Å². The minimum absolute atomic E-state index is 0.114. The highest BCUT2D eigenvalue weighted by Crippen LogP contribution is 2.28. The van der Waals surface area contributed by atoms with Gasteiger partial charge in [-0.2, -0.15) is 0 Å². The molecule has 2 unspecified atom stereocenters. The average Bonchev–Trinajstić information content (AvgIpc) is 2.49. The predicted octanol–water partition coefficient (Wildman–Crippen LogP) is 3.07. The normalized spacial score (nSPS) is 22.4. The van der Waals surface area contributed by atoms with Crippen molar-refractivity contribution in [1.82, 2.24) is 5.32 Å². The SMILES string of the molecule is CNC(=O)c1ccc(Cl)c(NC2CCCCC2OC)c1. The first kappa shape index (κ1) is 15.1. The van der Waals surface area contributed by atoms with E-state index in [0.29, 0.717) is 10.6 Å². The third-order valence-corrected chi connectivity index (χ3v) is 4.13. The van der Waals surface area contributed by atoms with Gasteiger partial charge in [-0.05, 0) is 31.0 Å². The van der Waals surface area contributed by atoms with Crippen LogP contribution in [0.25, 0.3) is 0 Å². The van der Waals surface area contributed by atoms with E-state index in [1.54, 1.807) is 32.4 Å². The Bertz CT molecular complexity index is 479. The molecule has 2 atom stereocenters. The van der Waals surface area contributed by atoms with Gasteiger partial charge in [0.2, 0.25) is 0 Å². The van der Waals surface area contributed by atoms with E-state index in [4.69, 9.17) is 16.3 Å². The lowest BCUT2D eigenvalue weighted by atomic mass is 9.92. The van der Waals surface area contributed by atoms with Crippen LogP contribution in [0, 0.1) is 0 Å². The molecule has 5 heteroatoms. The molecule has 1 aromatic carbocycles. The highest BCUT2D eigenvalue weighted by molar-refractivity contribution is 6.33. The smallest absolute Gasteiger partial charge is 0.251 e. The number of anilines is 1. The highest BCUT2D eigenvalue weighted by Gasteiger charge is 2.25. The molecule has 1 fully saturated rings. The molecule has 0 aliphatic heterocycles. The molecule has 1 aromatic rings. The number of ether oxygens (including phenoxy) is 1. The largest absolute Gasteiger partial charge is 0.379 e. The minimum atomic E-state index is -0.114. The molecule has 0 aromatic heterocycles. The second kappa shape index (κ2) is 6.95. The first-order valence-electron chi connectivity index (χ1n) is 6.96. The molecular weight excluding hydrogens is 276 g/mol. The molecule has 1 aliphatic carbocycles. The average molecular weight is 297 g/mol. The van der Waals surface area contributed by atoms with Gasteiger partial charge in [0, 0.05) is 19.7 Å². The number of benzene rings is 1. The van der Waals surface area contributed by atoms with E-state index in [1.807, 2.05) is 0 Å². The van der Waals surface area contributed by atoms with Crippen LogP contribution in [-0.2, 0) is 4.74 Å². The standard InChI is InChI=1S/C15H21ClN2O2/c1-17-15(19)10-7-8-11(16)13(9-10)18-12-5-3-4-6-14(12)20-2/h7-9,12,14,18H,3-6H2,1-2H3,(H,17,19). The van der Waals surface area contributed by atoms with Gasteiger partial charge in [0.15, 0.2) is 0 Å². The maximum Gasteiger partial charge on any atom is 0.251 e. The van der Waals surface area contributed by atoms with Crippen molar-refractivity contribution in [2.45, 2.75) is 37.8 Å². The number of carbonyl (C=O) groups excluding carboxylic acids is 1. The van der Waals surface area contributed by atoms with Crippen molar-refractivity contribution in [2.24, 2.45) is 0 Å². The zero-order valence-electron chi connectivity index (χ0n) is 11.9. The Morgan fingerprint density at radius 1 is 1.35 bits per heavy atom. The van der Waals surface area contributed by atoms with Crippen molar-refractivity contribution < 1.29 is 9.53 Å². The van der Waals surface area contributed by atoms with Gasteiger partial charge in [-0.25, -0.2) is 0 Å². The molecule has 2 N–H and O–H groups in total. The Morgan fingerprint density at radius 3 is 2.80 bits per heavy atom. The molecule has 0 spiro atoms. The number of amides is 1. The van der Waals surface area contributed by atoms with Crippen molar-refractivity contribution in [3.63, 3.8) is 0 Å². The fourth-order valence-corrected chi connectivity index (χ4v) is 2.84. The molecule has 20 heavy (non-hydrogen) atoms. The fourth-order valence-electron chi connectivity index (χ4n) is 2.67. The summed E-state index contributed by atoms with van der Waals surface area (Å²) >= 11 is 6.22. The van der Waals surface area contributed by atoms with Crippen LogP contribution in [0.2, 0.25) is 5.02 Å². The van der Waals surface area contributed by atoms with E-state index in [9.17, 15) is 4.79 Å². The van der Waals surface area contributed by atoms with E-state index in [-0.39, 0.29) is 18.1 Å². The third-order valence-electron chi connectivity index (χ3n) is 3.80. The quantitative estimate of drug-likeness (QED) is 0.898. The Morgan fingerprint density at radius 2 is 2.10 bits per heavy atom. The summed E-state index contributed by atoms with van der Waals surface area (Å²) in [4.78, 5) is 11.7. The number of hydrogen-bond donors (Lipinski definition) is 2. The topological polar surface area (TPSA) is 50.4 Å². The monoisotopic (exact) mass is 296 g/mol. The Balaban J connectivity index is 2.17. The summed E-state index contributed by atoms with van der Waals surface area (Å²) in [5, 5.41) is 6.67. The molecule has 1 saturated carbocycles. The summed E-state index contributed by atoms with van der Waals surface area (Å²) < 4.78 is 5.53. The molecule has 0 radical (unpaired) electrons. The summed E-state index contributed by atoms with van der Waals surface area (Å²) in [6, 6.07) is 5.51. The maximum atomic E-state index is 11.7. The van der Waals surface area contributed by atoms with Crippen LogP contribution in [0.3, 0.4) is 0 Å². The summed E-state index contributed by atoms with van der Waals surface area (Å²) in [5.74, 6) is -0.114. The third kappa shape index (κ3) is 3.44. The highest BCUT2D eigenvalue weighted by atomic mass is 35.5. The van der Waals surface area contributed by atoms with Crippen molar-refractivity contribution in [3.05, 3.63) is 28.8 Å². The molecule has 0 saturated heterocycles. The van der Waals surface area contributed by atoms with Crippen LogP contribution in [0.5, 0.6) is 0 Å². The van der Waals surface area contributed by atoms with Gasteiger partial charge in [0.25, 0.3) is 5.91 Å². The summed E-state index contributed by atoms with van der Waals surface area (Å²) in [6.45, 7) is 0. The van der Waals surface area contributed by atoms with Gasteiger partial charge < -0.3 is 15.4 Å². The molecule has 1 aliphatic rings. The molecule has 0 bridgehead atoms. The number of carbonyl (C=O) groups is 1. The van der Waals surface area contributed by atoms with Crippen molar-refractivity contribution >= 4 is 23.2 Å². The number of nitrogens with one attached hydrogen (secondary N) is 2. The first-order valence-corrected chi connectivity index (χ1v) is 7.34. The summed E-state index contributed by atoms with van der Waals surface area (Å²) in [7, 11) is 3.36. The van der Waals surface area contributed by atoms with Crippen LogP contribution in [0.1, 0.15) is 36.0 Å². The molecule has 0 heterocycles. The lowest BCUT2D eigenvalue weighted by Crippen LogP contribution is -2.37. The van der Waals surface area contributed by atoms with E-state index < -0.39 is 0 Å². The van der Waals surface area contributed by atoms with Crippen molar-refractivity contribution in [1.29, 1.82) is 0 Å². The van der Waals surface area contributed by atoms with Crippen LogP contribution in [-0.4, -0.2) is 32.2 Å². The van der Waals surface area contributed by atoms with Crippen molar-refractivity contribution in [2.75, 3.05) is 19.5 Å². The number of halogens is 1. The van der Waals surface area contributed by atoms with Gasteiger partial charge in [-0.15, -0.1) is 0 Å². The second-order valence-corrected chi connectivity index (χ2v) is 5.49. The van der Waals surface area contributed by atoms with Gasteiger partial charge in [-0.1, -0.05) is 24.4 Å². The van der Waals surface area contributed by atoms with E-state index in [1.165, 1.54) is 12.8 Å². The van der Waals surface area contributed by atoms with Gasteiger partial charge >= 0.3 is 0 Å². The molecule has 1 amide bonds. The Labute approximate surface area is 124 Å². The zero-order valence-corrected chi connectivity index (χ0v) is 12.7. The molecule has 4 nitrogen and oxygen atoms in total. The first-order chi connectivity index (χ1) is 9.65. The van der Waals surface area contributed by atoms with E-state index >= 15 is 0 Å². The molecular formula is C15H21ClN2O2. The maximum absolute atomic E-state index is 11.7. The number of methoxy groups -OCH3 is 1. The van der Waals surface area contributed by atoms with Crippen molar-refractivity contribution in [3.8, 4) is 0 Å². The summed E-state index contributed by atoms with van der Waals surface area (Å²) in [6.07, 6.45) is 4.69. The molecule has 110 valence electrons. The second-order valence-electron chi connectivity index (χ2n) is 5.08. The van der Waals surface area contributed by atoms with Gasteiger partial charge in [0.1, 0.15) is 0 Å². The minimum Gasteiger partial charge on any atom is -0.379 e. The Kier molecular flexibility index (Phi) is 5.26. The fraction of sp³-hybridized carbons (Fsp3) is 0.533. The number of hydrogen-bond acceptors (Lipinski definition) is 3. The van der Waals surface area contributed by atoms with Crippen LogP contribution in [0.4, 0.5) is 5.69 Å². The number of rotatable bonds is 4. The Hall–Kier alpha value is -1.26. The van der Waals surface area contributed by atoms with Crippen LogP contribution < -0.4 is 10.6 Å².